The van der Waals surface area contributed by atoms with Gasteiger partial charge in [0.1, 0.15) is 5.54 Å². The highest BCUT2D eigenvalue weighted by molar-refractivity contribution is 9.10. The highest BCUT2D eigenvalue weighted by Crippen LogP contribution is 2.36. The van der Waals surface area contributed by atoms with Crippen LogP contribution < -0.4 is 4.72 Å². The second-order valence-corrected chi connectivity index (χ2v) is 7.96. The second kappa shape index (κ2) is 6.06. The molecule has 0 aliphatic heterocycles. The Hall–Kier alpha value is -0.920. The molecule has 2 N–H and O–H groups in total. The van der Waals surface area contributed by atoms with Gasteiger partial charge in [-0.3, -0.25) is 4.79 Å². The van der Waals surface area contributed by atoms with Crippen LogP contribution in [0.2, 0.25) is 0 Å². The third-order valence-corrected chi connectivity index (χ3v) is 6.65. The van der Waals surface area contributed by atoms with Crippen LogP contribution in [0.1, 0.15) is 32.6 Å². The number of hydrogen-bond acceptors (Lipinski definition) is 3. The Morgan fingerprint density at radius 3 is 2.62 bits per heavy atom. The summed E-state index contributed by atoms with van der Waals surface area (Å²) in [6.07, 6.45) is 2.64. The molecule has 0 aromatic heterocycles. The highest BCUT2D eigenvalue weighted by atomic mass is 79.9. The first-order chi connectivity index (χ1) is 9.79. The second-order valence-electron chi connectivity index (χ2n) is 5.46. The Labute approximate surface area is 132 Å². The number of benzene rings is 1. The van der Waals surface area contributed by atoms with Crippen LogP contribution in [-0.2, 0) is 14.8 Å². The van der Waals surface area contributed by atoms with Crippen molar-refractivity contribution in [2.45, 2.75) is 43.0 Å². The first-order valence-corrected chi connectivity index (χ1v) is 9.09. The van der Waals surface area contributed by atoms with Crippen molar-refractivity contribution in [2.24, 2.45) is 5.92 Å². The average molecular weight is 376 g/mol. The topological polar surface area (TPSA) is 83.5 Å². The quantitative estimate of drug-likeness (QED) is 0.847. The number of carboxylic acids is 1. The Kier molecular flexibility index (Phi) is 4.75. The van der Waals surface area contributed by atoms with E-state index in [1.165, 1.54) is 6.07 Å². The van der Waals surface area contributed by atoms with Gasteiger partial charge in [0.25, 0.3) is 0 Å². The van der Waals surface area contributed by atoms with Crippen molar-refractivity contribution >= 4 is 31.9 Å². The zero-order chi connectivity index (χ0) is 15.7. The van der Waals surface area contributed by atoms with Gasteiger partial charge < -0.3 is 5.11 Å². The summed E-state index contributed by atoms with van der Waals surface area (Å²) in [6.45, 7) is 1.79. The molecule has 1 fully saturated rings. The SMILES string of the molecule is CC1CCCCC1(NS(=O)(=O)c1ccccc1Br)C(=O)O. The number of sulfonamides is 1. The summed E-state index contributed by atoms with van der Waals surface area (Å²) in [5.41, 5.74) is -1.42. The molecule has 0 radical (unpaired) electrons. The molecule has 21 heavy (non-hydrogen) atoms. The number of carbonyl (C=O) groups is 1. The molecule has 1 aromatic carbocycles. The van der Waals surface area contributed by atoms with Crippen molar-refractivity contribution in [2.75, 3.05) is 0 Å². The Bertz CT molecular complexity index is 646. The standard InChI is InChI=1S/C14H18BrNO4S/c1-10-6-4-5-9-14(10,13(17)18)16-21(19,20)12-8-3-2-7-11(12)15/h2-3,7-8,10,16H,4-6,9H2,1H3,(H,17,18). The van der Waals surface area contributed by atoms with Crippen LogP contribution in [0.5, 0.6) is 0 Å². The molecule has 1 aliphatic rings. The molecule has 1 aromatic rings. The average Bonchev–Trinajstić information content (AvgIpc) is 2.41. The lowest BCUT2D eigenvalue weighted by Crippen LogP contribution is -2.59. The van der Waals surface area contributed by atoms with E-state index < -0.39 is 21.5 Å². The van der Waals surface area contributed by atoms with Crippen molar-refractivity contribution in [1.82, 2.24) is 4.72 Å². The lowest BCUT2D eigenvalue weighted by atomic mass is 9.74. The lowest BCUT2D eigenvalue weighted by Gasteiger charge is -2.39. The summed E-state index contributed by atoms with van der Waals surface area (Å²) in [6, 6.07) is 6.39. The molecule has 7 heteroatoms. The summed E-state index contributed by atoms with van der Waals surface area (Å²) in [5.74, 6) is -1.36. The molecule has 2 unspecified atom stereocenters. The maximum Gasteiger partial charge on any atom is 0.325 e. The minimum atomic E-state index is -3.90. The number of halogens is 1. The van der Waals surface area contributed by atoms with Crippen molar-refractivity contribution in [3.63, 3.8) is 0 Å². The Morgan fingerprint density at radius 1 is 1.38 bits per heavy atom. The van der Waals surface area contributed by atoms with Crippen LogP contribution in [0, 0.1) is 5.92 Å². The summed E-state index contributed by atoms with van der Waals surface area (Å²) < 4.78 is 28.0. The fourth-order valence-corrected chi connectivity index (χ4v) is 5.30. The van der Waals surface area contributed by atoms with Crippen LogP contribution >= 0.6 is 15.9 Å². The minimum absolute atomic E-state index is 0.0587. The van der Waals surface area contributed by atoms with Crippen molar-refractivity contribution in [3.8, 4) is 0 Å². The number of nitrogens with one attached hydrogen (secondary N) is 1. The molecule has 0 bridgehead atoms. The molecule has 5 nitrogen and oxygen atoms in total. The van der Waals surface area contributed by atoms with Gasteiger partial charge in [-0.2, -0.15) is 4.72 Å². The maximum absolute atomic E-state index is 12.6. The normalized spacial score (nSPS) is 26.5. The van der Waals surface area contributed by atoms with E-state index in [0.717, 1.165) is 6.42 Å². The molecule has 0 amide bonds. The van der Waals surface area contributed by atoms with E-state index in [-0.39, 0.29) is 10.8 Å². The maximum atomic E-state index is 12.6. The van der Waals surface area contributed by atoms with E-state index in [1.54, 1.807) is 25.1 Å². The van der Waals surface area contributed by atoms with Crippen LogP contribution in [-0.4, -0.2) is 25.0 Å². The molecule has 0 saturated heterocycles. The number of aliphatic carboxylic acids is 1. The van der Waals surface area contributed by atoms with Gasteiger partial charge in [-0.15, -0.1) is 0 Å². The highest BCUT2D eigenvalue weighted by Gasteiger charge is 2.48. The smallest absolute Gasteiger partial charge is 0.325 e. The first-order valence-electron chi connectivity index (χ1n) is 6.81. The molecule has 2 atom stereocenters. The molecule has 1 aliphatic carbocycles. The minimum Gasteiger partial charge on any atom is -0.480 e. The van der Waals surface area contributed by atoms with Gasteiger partial charge in [0.05, 0.1) is 4.90 Å². The summed E-state index contributed by atoms with van der Waals surface area (Å²) >= 11 is 3.20. The van der Waals surface area contributed by atoms with Crippen LogP contribution in [0.4, 0.5) is 0 Å². The molecule has 2 rings (SSSR count). The molecular formula is C14H18BrNO4S. The third-order valence-electron chi connectivity index (χ3n) is 4.12. The van der Waals surface area contributed by atoms with E-state index in [4.69, 9.17) is 0 Å². The van der Waals surface area contributed by atoms with Gasteiger partial charge in [0.15, 0.2) is 0 Å². The van der Waals surface area contributed by atoms with E-state index in [9.17, 15) is 18.3 Å². The molecule has 116 valence electrons. The Balaban J connectivity index is 2.42. The van der Waals surface area contributed by atoms with Gasteiger partial charge in [-0.25, -0.2) is 8.42 Å². The first kappa shape index (κ1) is 16.5. The predicted molar refractivity (Wildman–Crippen MR) is 82.5 cm³/mol. The van der Waals surface area contributed by atoms with Crippen molar-refractivity contribution in [1.29, 1.82) is 0 Å². The molecule has 0 heterocycles. The molecular weight excluding hydrogens is 358 g/mol. The predicted octanol–water partition coefficient (Wildman–Crippen LogP) is 2.76. The molecule has 0 spiro atoms. The van der Waals surface area contributed by atoms with E-state index in [2.05, 4.69) is 20.7 Å². The van der Waals surface area contributed by atoms with Crippen molar-refractivity contribution < 1.29 is 18.3 Å². The third kappa shape index (κ3) is 3.14. The van der Waals surface area contributed by atoms with Gasteiger partial charge >= 0.3 is 5.97 Å². The van der Waals surface area contributed by atoms with E-state index in [1.807, 2.05) is 0 Å². The fourth-order valence-electron chi connectivity index (χ4n) is 2.82. The zero-order valence-corrected chi connectivity index (χ0v) is 14.1. The summed E-state index contributed by atoms with van der Waals surface area (Å²) in [7, 11) is -3.90. The number of rotatable bonds is 4. The summed E-state index contributed by atoms with van der Waals surface area (Å²) in [5, 5.41) is 9.60. The van der Waals surface area contributed by atoms with Crippen LogP contribution in [0.25, 0.3) is 0 Å². The summed E-state index contributed by atoms with van der Waals surface area (Å²) in [4.78, 5) is 11.8. The van der Waals surface area contributed by atoms with Gasteiger partial charge in [-0.1, -0.05) is 31.9 Å². The Morgan fingerprint density at radius 2 is 2.05 bits per heavy atom. The number of hydrogen-bond donors (Lipinski definition) is 2. The van der Waals surface area contributed by atoms with E-state index >= 15 is 0 Å². The van der Waals surface area contributed by atoms with Gasteiger partial charge in [-0.05, 0) is 46.8 Å². The largest absolute Gasteiger partial charge is 0.480 e. The van der Waals surface area contributed by atoms with Crippen LogP contribution in [0.15, 0.2) is 33.6 Å². The van der Waals surface area contributed by atoms with Crippen LogP contribution in [0.3, 0.4) is 0 Å². The van der Waals surface area contributed by atoms with Gasteiger partial charge in [0.2, 0.25) is 10.0 Å². The lowest BCUT2D eigenvalue weighted by molar-refractivity contribution is -0.147. The fraction of sp³-hybridized carbons (Fsp3) is 0.500. The van der Waals surface area contributed by atoms with Crippen molar-refractivity contribution in [3.05, 3.63) is 28.7 Å². The van der Waals surface area contributed by atoms with E-state index in [0.29, 0.717) is 23.7 Å². The zero-order valence-electron chi connectivity index (χ0n) is 11.7. The monoisotopic (exact) mass is 375 g/mol. The molecule has 1 saturated carbocycles. The van der Waals surface area contributed by atoms with Gasteiger partial charge in [0, 0.05) is 4.47 Å². The number of carboxylic acid groups (broad SMARTS) is 1.